The fourth-order valence-electron chi connectivity index (χ4n) is 3.00. The minimum atomic E-state index is 0.668. The second-order valence-corrected chi connectivity index (χ2v) is 5.40. The highest BCUT2D eigenvalue weighted by atomic mass is 14.9. The number of rotatable bonds is 3. The molecule has 2 N–H and O–H groups in total. The predicted molar refractivity (Wildman–Crippen MR) is 79.5 cm³/mol. The normalized spacial score (nSPS) is 15.9. The van der Waals surface area contributed by atoms with Crippen LogP contribution in [0.3, 0.4) is 0 Å². The van der Waals surface area contributed by atoms with E-state index < -0.39 is 0 Å². The van der Waals surface area contributed by atoms with Crippen molar-refractivity contribution in [1.29, 1.82) is 0 Å². The Labute approximate surface area is 114 Å². The molecule has 3 heteroatoms. The average Bonchev–Trinajstić information content (AvgIpc) is 3.08. The van der Waals surface area contributed by atoms with E-state index in [-0.39, 0.29) is 0 Å². The Bertz CT molecular complexity index is 548. The smallest absolute Gasteiger partial charge is 0.137 e. The van der Waals surface area contributed by atoms with E-state index in [1.807, 2.05) is 7.05 Å². The zero-order chi connectivity index (χ0) is 13.2. The van der Waals surface area contributed by atoms with Gasteiger partial charge in [-0.05, 0) is 44.0 Å². The molecule has 0 aliphatic heterocycles. The van der Waals surface area contributed by atoms with Gasteiger partial charge in [0.2, 0.25) is 0 Å². The molecule has 19 heavy (non-hydrogen) atoms. The van der Waals surface area contributed by atoms with E-state index in [2.05, 4.69) is 41.5 Å². The van der Waals surface area contributed by atoms with Crippen LogP contribution in [0.15, 0.2) is 24.3 Å². The number of imidazole rings is 1. The number of aromatic nitrogens is 2. The van der Waals surface area contributed by atoms with Gasteiger partial charge < -0.3 is 10.3 Å². The average molecular weight is 255 g/mol. The summed E-state index contributed by atoms with van der Waals surface area (Å²) in [5, 5.41) is 3.14. The molecule has 1 saturated carbocycles. The molecular weight excluding hydrogens is 234 g/mol. The fraction of sp³-hybridized carbons (Fsp3) is 0.438. The molecule has 0 atom stereocenters. The summed E-state index contributed by atoms with van der Waals surface area (Å²) in [6.45, 7) is 2.14. The van der Waals surface area contributed by atoms with Gasteiger partial charge in [0, 0.05) is 29.9 Å². The maximum Gasteiger partial charge on any atom is 0.137 e. The molecule has 2 aromatic rings. The van der Waals surface area contributed by atoms with Crippen molar-refractivity contribution in [2.24, 2.45) is 0 Å². The lowest BCUT2D eigenvalue weighted by Gasteiger charge is -2.05. The van der Waals surface area contributed by atoms with Crippen LogP contribution >= 0.6 is 0 Å². The Morgan fingerprint density at radius 3 is 2.47 bits per heavy atom. The first kappa shape index (κ1) is 12.3. The molecule has 1 fully saturated rings. The molecule has 0 spiro atoms. The number of hydrogen-bond donors (Lipinski definition) is 2. The topological polar surface area (TPSA) is 40.7 Å². The number of nitrogens with one attached hydrogen (secondary N) is 2. The molecule has 0 radical (unpaired) electrons. The Morgan fingerprint density at radius 2 is 1.84 bits per heavy atom. The summed E-state index contributed by atoms with van der Waals surface area (Å²) < 4.78 is 0. The Kier molecular flexibility index (Phi) is 3.28. The highest BCUT2D eigenvalue weighted by Crippen LogP contribution is 2.35. The summed E-state index contributed by atoms with van der Waals surface area (Å²) in [4.78, 5) is 8.29. The van der Waals surface area contributed by atoms with Gasteiger partial charge in [-0.1, -0.05) is 12.8 Å². The Morgan fingerprint density at radius 1 is 1.16 bits per heavy atom. The maximum atomic E-state index is 4.84. The summed E-state index contributed by atoms with van der Waals surface area (Å²) >= 11 is 0. The molecule has 1 aromatic heterocycles. The SMILES string of the molecule is CNc1ccc(-c2nc(C3CCCC3)c(C)[nH]2)cc1. The van der Waals surface area contributed by atoms with Gasteiger partial charge in [0.05, 0.1) is 5.69 Å². The van der Waals surface area contributed by atoms with Crippen LogP contribution in [-0.4, -0.2) is 17.0 Å². The second-order valence-electron chi connectivity index (χ2n) is 5.40. The summed E-state index contributed by atoms with van der Waals surface area (Å²) in [6, 6.07) is 8.40. The van der Waals surface area contributed by atoms with Crippen molar-refractivity contribution in [3.63, 3.8) is 0 Å². The maximum absolute atomic E-state index is 4.84. The first-order valence-corrected chi connectivity index (χ1v) is 7.12. The van der Waals surface area contributed by atoms with Crippen molar-refractivity contribution in [1.82, 2.24) is 9.97 Å². The first-order chi connectivity index (χ1) is 9.28. The van der Waals surface area contributed by atoms with Crippen LogP contribution in [0.1, 0.15) is 43.0 Å². The van der Waals surface area contributed by atoms with Gasteiger partial charge in [-0.15, -0.1) is 0 Å². The quantitative estimate of drug-likeness (QED) is 0.867. The summed E-state index contributed by atoms with van der Waals surface area (Å²) in [5.41, 5.74) is 4.80. The molecule has 3 nitrogen and oxygen atoms in total. The number of nitrogens with zero attached hydrogens (tertiary/aromatic N) is 1. The molecule has 3 rings (SSSR count). The number of aryl methyl sites for hydroxylation is 1. The summed E-state index contributed by atoms with van der Waals surface area (Å²) in [7, 11) is 1.93. The van der Waals surface area contributed by atoms with Crippen LogP contribution in [0.25, 0.3) is 11.4 Å². The number of H-pyrrole nitrogens is 1. The van der Waals surface area contributed by atoms with E-state index in [9.17, 15) is 0 Å². The van der Waals surface area contributed by atoms with Gasteiger partial charge in [0.1, 0.15) is 5.82 Å². The predicted octanol–water partition coefficient (Wildman–Crippen LogP) is 4.08. The molecule has 1 aliphatic rings. The van der Waals surface area contributed by atoms with Crippen LogP contribution in [0.4, 0.5) is 5.69 Å². The molecule has 0 saturated heterocycles. The van der Waals surface area contributed by atoms with E-state index in [1.165, 1.54) is 37.1 Å². The van der Waals surface area contributed by atoms with Crippen molar-refractivity contribution < 1.29 is 0 Å². The highest BCUT2D eigenvalue weighted by molar-refractivity contribution is 5.60. The van der Waals surface area contributed by atoms with Crippen molar-refractivity contribution >= 4 is 5.69 Å². The zero-order valence-electron chi connectivity index (χ0n) is 11.7. The van der Waals surface area contributed by atoms with Gasteiger partial charge >= 0.3 is 0 Å². The number of benzene rings is 1. The minimum Gasteiger partial charge on any atom is -0.388 e. The minimum absolute atomic E-state index is 0.668. The van der Waals surface area contributed by atoms with E-state index >= 15 is 0 Å². The zero-order valence-corrected chi connectivity index (χ0v) is 11.7. The second kappa shape index (κ2) is 5.08. The van der Waals surface area contributed by atoms with E-state index in [4.69, 9.17) is 4.98 Å². The van der Waals surface area contributed by atoms with Crippen molar-refractivity contribution in [2.45, 2.75) is 38.5 Å². The largest absolute Gasteiger partial charge is 0.388 e. The molecule has 1 heterocycles. The van der Waals surface area contributed by atoms with Crippen molar-refractivity contribution in [3.8, 4) is 11.4 Å². The fourth-order valence-corrected chi connectivity index (χ4v) is 3.00. The van der Waals surface area contributed by atoms with Crippen LogP contribution in [0.5, 0.6) is 0 Å². The molecule has 0 unspecified atom stereocenters. The van der Waals surface area contributed by atoms with E-state index in [0.717, 1.165) is 17.1 Å². The van der Waals surface area contributed by atoms with Crippen molar-refractivity contribution in [2.75, 3.05) is 12.4 Å². The lowest BCUT2D eigenvalue weighted by atomic mass is 10.0. The standard InChI is InChI=1S/C16H21N3/c1-11-15(12-5-3-4-6-12)19-16(18-11)13-7-9-14(17-2)10-8-13/h7-10,12,17H,3-6H2,1-2H3,(H,18,19). The molecule has 0 bridgehead atoms. The van der Waals surface area contributed by atoms with E-state index in [1.54, 1.807) is 0 Å². The first-order valence-electron chi connectivity index (χ1n) is 7.12. The lowest BCUT2D eigenvalue weighted by Crippen LogP contribution is -1.94. The molecule has 0 amide bonds. The monoisotopic (exact) mass is 255 g/mol. The van der Waals surface area contributed by atoms with Gasteiger partial charge in [-0.3, -0.25) is 0 Å². The van der Waals surface area contributed by atoms with Gasteiger partial charge in [-0.25, -0.2) is 4.98 Å². The molecular formula is C16H21N3. The Hall–Kier alpha value is -1.77. The lowest BCUT2D eigenvalue weighted by molar-refractivity contribution is 0.697. The van der Waals surface area contributed by atoms with E-state index in [0.29, 0.717) is 5.92 Å². The summed E-state index contributed by atoms with van der Waals surface area (Å²) in [6.07, 6.45) is 5.29. The summed E-state index contributed by atoms with van der Waals surface area (Å²) in [5.74, 6) is 1.67. The third-order valence-electron chi connectivity index (χ3n) is 4.11. The molecule has 1 aliphatic carbocycles. The Balaban J connectivity index is 1.90. The number of hydrogen-bond acceptors (Lipinski definition) is 2. The van der Waals surface area contributed by atoms with Crippen LogP contribution in [-0.2, 0) is 0 Å². The van der Waals surface area contributed by atoms with Gasteiger partial charge in [-0.2, -0.15) is 0 Å². The van der Waals surface area contributed by atoms with Gasteiger partial charge in [0.25, 0.3) is 0 Å². The van der Waals surface area contributed by atoms with Crippen LogP contribution in [0, 0.1) is 6.92 Å². The third-order valence-corrected chi connectivity index (χ3v) is 4.11. The van der Waals surface area contributed by atoms with Crippen LogP contribution in [0.2, 0.25) is 0 Å². The van der Waals surface area contributed by atoms with Crippen molar-refractivity contribution in [3.05, 3.63) is 35.7 Å². The van der Waals surface area contributed by atoms with Crippen LogP contribution < -0.4 is 5.32 Å². The molecule has 100 valence electrons. The number of anilines is 1. The highest BCUT2D eigenvalue weighted by Gasteiger charge is 2.22. The van der Waals surface area contributed by atoms with Gasteiger partial charge in [0.15, 0.2) is 0 Å². The number of aromatic amines is 1. The molecule has 1 aromatic carbocycles. The third kappa shape index (κ3) is 2.37.